The molecular weight excluding hydrogens is 499 g/mol. The van der Waals surface area contributed by atoms with Crippen LogP contribution in [0.15, 0.2) is 127 Å². The molecule has 6 aromatic carbocycles. The van der Waals surface area contributed by atoms with Crippen molar-refractivity contribution < 1.29 is 9.47 Å². The molecule has 194 valence electrons. The standard InChI is InChI=1S/C38H27BO2/c1-24-10-6-8-14-29(24)27-17-20-34-33(22-27)39-32-19-16-28(30-15-9-7-11-25(30)2)23-36(32)40-35-21-18-31(38(41-34)37(35)39)26-12-4-3-5-13-26/h3-23H,1-2H3. The molecule has 0 amide bonds. The average Bonchev–Trinajstić information content (AvgIpc) is 3.01. The monoisotopic (exact) mass is 526 g/mol. The molecule has 3 heteroatoms. The fourth-order valence-corrected chi connectivity index (χ4v) is 6.46. The smallest absolute Gasteiger partial charge is 0.260 e. The quantitative estimate of drug-likeness (QED) is 0.217. The number of aryl methyl sites for hydroxylation is 2. The fraction of sp³-hybridized carbons (Fsp3) is 0.0526. The Balaban J connectivity index is 1.36. The Kier molecular flexibility index (Phi) is 5.40. The number of hydrogen-bond acceptors (Lipinski definition) is 2. The predicted octanol–water partition coefficient (Wildman–Crippen LogP) is 8.03. The van der Waals surface area contributed by atoms with Crippen LogP contribution < -0.4 is 25.9 Å². The third kappa shape index (κ3) is 3.81. The second kappa shape index (κ2) is 9.28. The predicted molar refractivity (Wildman–Crippen MR) is 170 cm³/mol. The van der Waals surface area contributed by atoms with Crippen molar-refractivity contribution >= 4 is 23.1 Å². The van der Waals surface area contributed by atoms with Crippen LogP contribution in [0.25, 0.3) is 33.4 Å². The molecule has 0 saturated heterocycles. The van der Waals surface area contributed by atoms with E-state index in [-0.39, 0.29) is 6.71 Å². The van der Waals surface area contributed by atoms with Gasteiger partial charge in [0.15, 0.2) is 0 Å². The summed E-state index contributed by atoms with van der Waals surface area (Å²) in [5.74, 6) is 3.52. The van der Waals surface area contributed by atoms with Crippen LogP contribution in [0.5, 0.6) is 23.0 Å². The molecule has 6 aromatic rings. The van der Waals surface area contributed by atoms with Gasteiger partial charge in [-0.1, -0.05) is 103 Å². The molecule has 0 atom stereocenters. The lowest BCUT2D eigenvalue weighted by Gasteiger charge is -2.34. The molecule has 2 aliphatic rings. The molecule has 0 fully saturated rings. The maximum atomic E-state index is 6.77. The third-order valence-electron chi connectivity index (χ3n) is 8.52. The van der Waals surface area contributed by atoms with E-state index in [1.165, 1.54) is 27.8 Å². The Morgan fingerprint density at radius 1 is 0.439 bits per heavy atom. The van der Waals surface area contributed by atoms with Gasteiger partial charge in [0, 0.05) is 11.0 Å². The Bertz CT molecular complexity index is 1980. The Labute approximate surface area is 240 Å². The fourth-order valence-electron chi connectivity index (χ4n) is 6.46. The van der Waals surface area contributed by atoms with Crippen molar-refractivity contribution in [2.24, 2.45) is 0 Å². The van der Waals surface area contributed by atoms with Gasteiger partial charge in [-0.3, -0.25) is 0 Å². The summed E-state index contributed by atoms with van der Waals surface area (Å²) in [4.78, 5) is 0. The molecule has 2 nitrogen and oxygen atoms in total. The van der Waals surface area contributed by atoms with Crippen LogP contribution in [0.4, 0.5) is 0 Å². The zero-order chi connectivity index (χ0) is 27.5. The summed E-state index contributed by atoms with van der Waals surface area (Å²) in [6.07, 6.45) is 0. The Morgan fingerprint density at radius 2 is 1.07 bits per heavy atom. The van der Waals surface area contributed by atoms with E-state index in [2.05, 4.69) is 135 Å². The van der Waals surface area contributed by atoms with Gasteiger partial charge in [-0.05, 0) is 88.0 Å². The lowest BCUT2D eigenvalue weighted by atomic mass is 9.34. The van der Waals surface area contributed by atoms with Crippen LogP contribution in [0.3, 0.4) is 0 Å². The normalized spacial score (nSPS) is 12.5. The molecule has 0 radical (unpaired) electrons. The zero-order valence-electron chi connectivity index (χ0n) is 23.0. The van der Waals surface area contributed by atoms with Crippen molar-refractivity contribution in [3.05, 3.63) is 139 Å². The molecule has 0 aromatic heterocycles. The maximum Gasteiger partial charge on any atom is 0.260 e. The van der Waals surface area contributed by atoms with Crippen LogP contribution >= 0.6 is 0 Å². The number of fused-ring (bicyclic) bond motifs is 4. The van der Waals surface area contributed by atoms with Crippen LogP contribution in [0.2, 0.25) is 0 Å². The van der Waals surface area contributed by atoms with Gasteiger partial charge in [0.25, 0.3) is 6.71 Å². The molecule has 0 bridgehead atoms. The first-order valence-corrected chi connectivity index (χ1v) is 14.1. The minimum atomic E-state index is -0.00829. The number of hydrogen-bond donors (Lipinski definition) is 0. The summed E-state index contributed by atoms with van der Waals surface area (Å²) in [5, 5.41) is 0. The molecule has 41 heavy (non-hydrogen) atoms. The molecule has 0 N–H and O–H groups in total. The van der Waals surface area contributed by atoms with Gasteiger partial charge in [-0.15, -0.1) is 0 Å². The first-order valence-electron chi connectivity index (χ1n) is 14.1. The minimum Gasteiger partial charge on any atom is -0.458 e. The third-order valence-corrected chi connectivity index (χ3v) is 8.52. The van der Waals surface area contributed by atoms with E-state index in [0.29, 0.717) is 0 Å². The molecule has 0 aliphatic carbocycles. The Hall–Kier alpha value is -5.02. The zero-order valence-corrected chi connectivity index (χ0v) is 23.0. The molecule has 0 spiro atoms. The molecule has 0 saturated carbocycles. The van der Waals surface area contributed by atoms with Gasteiger partial charge in [0.05, 0.1) is 0 Å². The SMILES string of the molecule is Cc1ccccc1-c1ccc2c(c1)Oc1ccc(-c3ccccc3)c3c1B2c1cc(-c2ccccc2C)ccc1O3. The van der Waals surface area contributed by atoms with E-state index < -0.39 is 0 Å². The van der Waals surface area contributed by atoms with Crippen molar-refractivity contribution in [1.29, 1.82) is 0 Å². The summed E-state index contributed by atoms with van der Waals surface area (Å²) in [7, 11) is 0. The molecule has 2 heterocycles. The molecule has 8 rings (SSSR count). The summed E-state index contributed by atoms with van der Waals surface area (Å²) < 4.78 is 13.5. The first-order chi connectivity index (χ1) is 20.2. The highest BCUT2D eigenvalue weighted by Crippen LogP contribution is 2.42. The van der Waals surface area contributed by atoms with Gasteiger partial charge < -0.3 is 9.47 Å². The lowest BCUT2D eigenvalue weighted by Crippen LogP contribution is -2.57. The van der Waals surface area contributed by atoms with Crippen molar-refractivity contribution in [1.82, 2.24) is 0 Å². The summed E-state index contributed by atoms with van der Waals surface area (Å²) >= 11 is 0. The van der Waals surface area contributed by atoms with E-state index in [1.54, 1.807) is 0 Å². The largest absolute Gasteiger partial charge is 0.458 e. The van der Waals surface area contributed by atoms with Gasteiger partial charge >= 0.3 is 0 Å². The minimum absolute atomic E-state index is 0.00829. The van der Waals surface area contributed by atoms with Gasteiger partial charge in [-0.25, -0.2) is 0 Å². The van der Waals surface area contributed by atoms with E-state index in [4.69, 9.17) is 9.47 Å². The second-order valence-corrected chi connectivity index (χ2v) is 11.0. The topological polar surface area (TPSA) is 18.5 Å². The van der Waals surface area contributed by atoms with Crippen LogP contribution in [-0.4, -0.2) is 6.71 Å². The van der Waals surface area contributed by atoms with Crippen LogP contribution in [0.1, 0.15) is 11.1 Å². The van der Waals surface area contributed by atoms with Gasteiger partial charge in [0.2, 0.25) is 0 Å². The first kappa shape index (κ1) is 23.8. The van der Waals surface area contributed by atoms with E-state index in [9.17, 15) is 0 Å². The highest BCUT2D eigenvalue weighted by molar-refractivity contribution is 6.98. The lowest BCUT2D eigenvalue weighted by molar-refractivity contribution is 0.466. The maximum absolute atomic E-state index is 6.77. The molecule has 0 unspecified atom stereocenters. The second-order valence-electron chi connectivity index (χ2n) is 11.0. The highest BCUT2D eigenvalue weighted by Gasteiger charge is 2.41. The highest BCUT2D eigenvalue weighted by atomic mass is 16.5. The van der Waals surface area contributed by atoms with E-state index in [1.807, 2.05) is 6.07 Å². The van der Waals surface area contributed by atoms with Crippen molar-refractivity contribution in [3.8, 4) is 56.4 Å². The number of ether oxygens (including phenoxy) is 2. The molecular formula is C38H27BO2. The average molecular weight is 526 g/mol. The molecule has 2 aliphatic heterocycles. The van der Waals surface area contributed by atoms with Crippen LogP contribution in [-0.2, 0) is 0 Å². The van der Waals surface area contributed by atoms with Gasteiger partial charge in [-0.2, -0.15) is 0 Å². The van der Waals surface area contributed by atoms with Crippen molar-refractivity contribution in [3.63, 3.8) is 0 Å². The van der Waals surface area contributed by atoms with Crippen molar-refractivity contribution in [2.45, 2.75) is 13.8 Å². The van der Waals surface area contributed by atoms with E-state index >= 15 is 0 Å². The summed E-state index contributed by atoms with van der Waals surface area (Å²) in [6.45, 7) is 4.32. The Morgan fingerprint density at radius 3 is 1.80 bits per heavy atom. The van der Waals surface area contributed by atoms with Crippen LogP contribution in [0, 0.1) is 13.8 Å². The van der Waals surface area contributed by atoms with Crippen molar-refractivity contribution in [2.75, 3.05) is 0 Å². The summed E-state index contributed by atoms with van der Waals surface area (Å²) in [5.41, 5.74) is 12.9. The summed E-state index contributed by atoms with van der Waals surface area (Å²) in [6, 6.07) is 45.1. The van der Waals surface area contributed by atoms with E-state index in [0.717, 1.165) is 56.1 Å². The number of rotatable bonds is 3. The number of benzene rings is 6. The van der Waals surface area contributed by atoms with Gasteiger partial charge in [0.1, 0.15) is 23.0 Å².